The van der Waals surface area contributed by atoms with E-state index in [9.17, 15) is 4.79 Å². The Kier molecular flexibility index (Phi) is 3.43. The maximum Gasteiger partial charge on any atom is 0.347 e. The third-order valence-electron chi connectivity index (χ3n) is 1.85. The van der Waals surface area contributed by atoms with Gasteiger partial charge in [-0.2, -0.15) is 0 Å². The van der Waals surface area contributed by atoms with E-state index in [1.807, 2.05) is 6.07 Å². The zero-order valence-corrected chi connectivity index (χ0v) is 10.0. The molecular weight excluding hydrogens is 258 g/mol. The van der Waals surface area contributed by atoms with Gasteiger partial charge in [-0.05, 0) is 24.1 Å². The number of aromatic nitrogens is 1. The van der Waals surface area contributed by atoms with Crippen LogP contribution in [0.15, 0.2) is 30.5 Å². The second-order valence-electron chi connectivity index (χ2n) is 3.10. The summed E-state index contributed by atoms with van der Waals surface area (Å²) in [5.41, 5.74) is 0.768. The summed E-state index contributed by atoms with van der Waals surface area (Å²) in [4.78, 5) is 14.7. The summed E-state index contributed by atoms with van der Waals surface area (Å²) in [6, 6.07) is 7.13. The fraction of sp³-hybridized carbons (Fsp3) is 0. The lowest BCUT2D eigenvalue weighted by Crippen LogP contribution is -1.89. The van der Waals surface area contributed by atoms with Gasteiger partial charge in [0.2, 0.25) is 0 Å². The van der Waals surface area contributed by atoms with Crippen LogP contribution in [0.4, 0.5) is 0 Å². The van der Waals surface area contributed by atoms with E-state index in [2.05, 4.69) is 16.8 Å². The SMILES string of the molecule is O=C(O)c1cnc(C#Cc2cccc(Cl)c2)s1. The van der Waals surface area contributed by atoms with E-state index < -0.39 is 5.97 Å². The number of benzene rings is 1. The molecule has 0 radical (unpaired) electrons. The van der Waals surface area contributed by atoms with Crippen molar-refractivity contribution in [3.63, 3.8) is 0 Å². The predicted octanol–water partition coefficient (Wildman–Crippen LogP) is 2.89. The van der Waals surface area contributed by atoms with Crippen molar-refractivity contribution in [2.75, 3.05) is 0 Å². The van der Waals surface area contributed by atoms with Crippen LogP contribution < -0.4 is 0 Å². The van der Waals surface area contributed by atoms with Crippen molar-refractivity contribution < 1.29 is 9.90 Å². The normalized spacial score (nSPS) is 9.47. The minimum Gasteiger partial charge on any atom is -0.477 e. The van der Waals surface area contributed by atoms with Crippen molar-refractivity contribution in [3.8, 4) is 11.8 Å². The lowest BCUT2D eigenvalue weighted by molar-refractivity contribution is 0.0702. The quantitative estimate of drug-likeness (QED) is 0.805. The molecule has 84 valence electrons. The molecule has 1 N–H and O–H groups in total. The number of carboxylic acids is 1. The van der Waals surface area contributed by atoms with Gasteiger partial charge in [0.15, 0.2) is 5.01 Å². The molecule has 17 heavy (non-hydrogen) atoms. The average Bonchev–Trinajstić information content (AvgIpc) is 2.75. The topological polar surface area (TPSA) is 50.2 Å². The van der Waals surface area contributed by atoms with E-state index in [1.54, 1.807) is 18.2 Å². The highest BCUT2D eigenvalue weighted by Crippen LogP contribution is 2.12. The number of rotatable bonds is 1. The van der Waals surface area contributed by atoms with Gasteiger partial charge in [-0.1, -0.05) is 34.9 Å². The molecular formula is C12H6ClNO2S. The molecule has 2 rings (SSSR count). The van der Waals surface area contributed by atoms with Crippen LogP contribution in [0.1, 0.15) is 20.2 Å². The van der Waals surface area contributed by atoms with Crippen molar-refractivity contribution >= 4 is 28.9 Å². The first kappa shape index (κ1) is 11.6. The first-order valence-electron chi connectivity index (χ1n) is 4.62. The van der Waals surface area contributed by atoms with Gasteiger partial charge in [0, 0.05) is 10.6 Å². The Labute approximate surface area is 107 Å². The maximum atomic E-state index is 10.6. The van der Waals surface area contributed by atoms with Crippen LogP contribution in [0.2, 0.25) is 5.02 Å². The molecule has 1 aromatic carbocycles. The first-order chi connectivity index (χ1) is 8.15. The van der Waals surface area contributed by atoms with Gasteiger partial charge < -0.3 is 5.11 Å². The molecule has 0 amide bonds. The largest absolute Gasteiger partial charge is 0.477 e. The monoisotopic (exact) mass is 263 g/mol. The molecule has 0 saturated carbocycles. The summed E-state index contributed by atoms with van der Waals surface area (Å²) < 4.78 is 0. The molecule has 0 bridgehead atoms. The molecule has 0 atom stereocenters. The number of carbonyl (C=O) groups is 1. The minimum absolute atomic E-state index is 0.181. The van der Waals surface area contributed by atoms with Crippen molar-refractivity contribution in [1.82, 2.24) is 4.98 Å². The fourth-order valence-electron chi connectivity index (χ4n) is 1.12. The van der Waals surface area contributed by atoms with Gasteiger partial charge in [0.25, 0.3) is 0 Å². The summed E-state index contributed by atoms with van der Waals surface area (Å²) in [6.45, 7) is 0. The van der Waals surface area contributed by atoms with E-state index in [0.29, 0.717) is 10.0 Å². The summed E-state index contributed by atoms with van der Waals surface area (Å²) in [5, 5.41) is 9.81. The summed E-state index contributed by atoms with van der Waals surface area (Å²) >= 11 is 6.86. The van der Waals surface area contributed by atoms with E-state index in [1.165, 1.54) is 6.20 Å². The van der Waals surface area contributed by atoms with Crippen molar-refractivity contribution in [2.24, 2.45) is 0 Å². The molecule has 0 aliphatic heterocycles. The number of carboxylic acid groups (broad SMARTS) is 1. The number of halogens is 1. The van der Waals surface area contributed by atoms with Gasteiger partial charge in [-0.15, -0.1) is 0 Å². The molecule has 2 aromatic rings. The van der Waals surface area contributed by atoms with Gasteiger partial charge in [0.1, 0.15) is 4.88 Å². The number of aromatic carboxylic acids is 1. The Morgan fingerprint density at radius 1 is 1.41 bits per heavy atom. The van der Waals surface area contributed by atoms with E-state index in [0.717, 1.165) is 16.9 Å². The number of hydrogen-bond donors (Lipinski definition) is 1. The van der Waals surface area contributed by atoms with Crippen LogP contribution in [0.3, 0.4) is 0 Å². The highest BCUT2D eigenvalue weighted by molar-refractivity contribution is 7.14. The van der Waals surface area contributed by atoms with Crippen LogP contribution in [0.25, 0.3) is 0 Å². The highest BCUT2D eigenvalue weighted by atomic mass is 35.5. The Morgan fingerprint density at radius 2 is 2.24 bits per heavy atom. The van der Waals surface area contributed by atoms with Crippen LogP contribution in [-0.4, -0.2) is 16.1 Å². The van der Waals surface area contributed by atoms with Gasteiger partial charge in [-0.3, -0.25) is 0 Å². The smallest absolute Gasteiger partial charge is 0.347 e. The zero-order chi connectivity index (χ0) is 12.3. The molecule has 1 aromatic heterocycles. The number of thiazole rings is 1. The second-order valence-corrected chi connectivity index (χ2v) is 4.56. The summed E-state index contributed by atoms with van der Waals surface area (Å²) in [7, 11) is 0. The van der Waals surface area contributed by atoms with Crippen molar-refractivity contribution in [2.45, 2.75) is 0 Å². The van der Waals surface area contributed by atoms with Gasteiger partial charge >= 0.3 is 5.97 Å². The van der Waals surface area contributed by atoms with Crippen LogP contribution in [0.5, 0.6) is 0 Å². The van der Waals surface area contributed by atoms with Gasteiger partial charge in [0.05, 0.1) is 6.20 Å². The third kappa shape index (κ3) is 3.06. The molecule has 0 unspecified atom stereocenters. The van der Waals surface area contributed by atoms with Gasteiger partial charge in [-0.25, -0.2) is 9.78 Å². The molecule has 0 fully saturated rings. The lowest BCUT2D eigenvalue weighted by Gasteiger charge is -1.89. The first-order valence-corrected chi connectivity index (χ1v) is 5.81. The number of hydrogen-bond acceptors (Lipinski definition) is 3. The van der Waals surface area contributed by atoms with E-state index in [-0.39, 0.29) is 4.88 Å². The van der Waals surface area contributed by atoms with Crippen LogP contribution in [0, 0.1) is 11.8 Å². The zero-order valence-electron chi connectivity index (χ0n) is 8.48. The summed E-state index contributed by atoms with van der Waals surface area (Å²) in [6.07, 6.45) is 1.30. The molecule has 0 spiro atoms. The molecule has 0 aliphatic rings. The second kappa shape index (κ2) is 5.00. The minimum atomic E-state index is -0.988. The molecule has 0 aliphatic carbocycles. The third-order valence-corrected chi connectivity index (χ3v) is 2.99. The molecule has 1 heterocycles. The summed E-state index contributed by atoms with van der Waals surface area (Å²) in [5.74, 6) is 4.69. The van der Waals surface area contributed by atoms with Crippen molar-refractivity contribution in [3.05, 3.63) is 50.9 Å². The average molecular weight is 264 g/mol. The van der Waals surface area contributed by atoms with Crippen LogP contribution in [-0.2, 0) is 0 Å². The lowest BCUT2D eigenvalue weighted by atomic mass is 10.2. The molecule has 5 heteroatoms. The molecule has 0 saturated heterocycles. The fourth-order valence-corrected chi connectivity index (χ4v) is 1.92. The van der Waals surface area contributed by atoms with Crippen molar-refractivity contribution in [1.29, 1.82) is 0 Å². The Hall–Kier alpha value is -1.83. The van der Waals surface area contributed by atoms with E-state index in [4.69, 9.17) is 16.7 Å². The standard InChI is InChI=1S/C12H6ClNO2S/c13-9-3-1-2-8(6-9)4-5-11-14-7-10(17-11)12(15)16/h1-3,6-7H,(H,15,16). The Bertz CT molecular complexity index is 625. The highest BCUT2D eigenvalue weighted by Gasteiger charge is 2.06. The Morgan fingerprint density at radius 3 is 2.88 bits per heavy atom. The Balaban J connectivity index is 2.23. The number of nitrogens with zero attached hydrogens (tertiary/aromatic N) is 1. The molecule has 3 nitrogen and oxygen atoms in total. The maximum absolute atomic E-state index is 10.6. The van der Waals surface area contributed by atoms with Crippen LogP contribution >= 0.6 is 22.9 Å². The van der Waals surface area contributed by atoms with E-state index >= 15 is 0 Å². The predicted molar refractivity (Wildman–Crippen MR) is 66.5 cm³/mol.